The van der Waals surface area contributed by atoms with E-state index in [2.05, 4.69) is 34.8 Å². The first kappa shape index (κ1) is 19.1. The molecule has 1 aromatic rings. The molecule has 1 amide bonds. The number of carbonyl (C=O) groups excluding carboxylic acids is 1. The topological polar surface area (TPSA) is 78.7 Å². The molecule has 0 bridgehead atoms. The van der Waals surface area contributed by atoms with E-state index in [0.717, 1.165) is 12.5 Å². The lowest BCUT2D eigenvalue weighted by Gasteiger charge is -2.18. The fourth-order valence-electron chi connectivity index (χ4n) is 2.26. The Morgan fingerprint density at radius 1 is 1.26 bits per heavy atom. The van der Waals surface area contributed by atoms with Crippen molar-refractivity contribution in [2.24, 2.45) is 10.9 Å². The summed E-state index contributed by atoms with van der Waals surface area (Å²) >= 11 is 0. The smallest absolute Gasteiger partial charge is 0.287 e. The van der Waals surface area contributed by atoms with Crippen molar-refractivity contribution in [1.82, 2.24) is 16.0 Å². The Morgan fingerprint density at radius 3 is 2.65 bits per heavy atom. The average molecular weight is 322 g/mol. The second-order valence-electron chi connectivity index (χ2n) is 5.53. The van der Waals surface area contributed by atoms with Crippen LogP contribution < -0.4 is 16.0 Å². The Morgan fingerprint density at radius 2 is 2.04 bits per heavy atom. The monoisotopic (exact) mass is 322 g/mol. The second-order valence-corrected chi connectivity index (χ2v) is 5.53. The maximum atomic E-state index is 11.7. The van der Waals surface area contributed by atoms with E-state index in [1.807, 2.05) is 0 Å². The number of rotatable bonds is 10. The van der Waals surface area contributed by atoms with Gasteiger partial charge in [0.25, 0.3) is 5.91 Å². The van der Waals surface area contributed by atoms with Crippen LogP contribution in [-0.2, 0) is 0 Å². The SMILES string of the molecule is CCCCC(CC)CNC(=NC)NCCNC(=O)c1ccco1. The first-order valence-corrected chi connectivity index (χ1v) is 8.47. The number of unbranched alkanes of at least 4 members (excludes halogenated alkanes) is 1. The normalized spacial score (nSPS) is 12.7. The van der Waals surface area contributed by atoms with E-state index in [4.69, 9.17) is 4.42 Å². The van der Waals surface area contributed by atoms with Crippen LogP contribution in [0.15, 0.2) is 27.8 Å². The minimum absolute atomic E-state index is 0.203. The first-order valence-electron chi connectivity index (χ1n) is 8.47. The third-order valence-electron chi connectivity index (χ3n) is 3.77. The van der Waals surface area contributed by atoms with E-state index in [1.54, 1.807) is 19.2 Å². The molecule has 0 aliphatic rings. The van der Waals surface area contributed by atoms with Gasteiger partial charge in [-0.25, -0.2) is 0 Å². The molecule has 6 nitrogen and oxygen atoms in total. The Hall–Kier alpha value is -1.98. The summed E-state index contributed by atoms with van der Waals surface area (Å²) in [5.74, 6) is 1.57. The molecule has 0 aliphatic carbocycles. The summed E-state index contributed by atoms with van der Waals surface area (Å²) < 4.78 is 5.04. The summed E-state index contributed by atoms with van der Waals surface area (Å²) in [4.78, 5) is 15.9. The molecule has 6 heteroatoms. The van der Waals surface area contributed by atoms with Gasteiger partial charge in [-0.1, -0.05) is 33.1 Å². The molecular formula is C17H30N4O2. The van der Waals surface area contributed by atoms with Gasteiger partial charge in [0, 0.05) is 26.7 Å². The van der Waals surface area contributed by atoms with Crippen LogP contribution in [0.1, 0.15) is 50.1 Å². The molecule has 23 heavy (non-hydrogen) atoms. The number of hydrogen-bond acceptors (Lipinski definition) is 3. The predicted molar refractivity (Wildman–Crippen MR) is 93.7 cm³/mol. The predicted octanol–water partition coefficient (Wildman–Crippen LogP) is 2.39. The van der Waals surface area contributed by atoms with E-state index in [-0.39, 0.29) is 5.91 Å². The molecule has 1 atom stereocenters. The summed E-state index contributed by atoms with van der Waals surface area (Å²) in [5, 5.41) is 9.34. The first-order chi connectivity index (χ1) is 11.2. The van der Waals surface area contributed by atoms with Crippen molar-refractivity contribution in [3.8, 4) is 0 Å². The maximum absolute atomic E-state index is 11.7. The Labute approximate surface area is 139 Å². The molecule has 3 N–H and O–H groups in total. The van der Waals surface area contributed by atoms with Gasteiger partial charge < -0.3 is 20.4 Å². The zero-order valence-electron chi connectivity index (χ0n) is 14.5. The van der Waals surface area contributed by atoms with E-state index >= 15 is 0 Å². The lowest BCUT2D eigenvalue weighted by atomic mass is 9.99. The minimum Gasteiger partial charge on any atom is -0.459 e. The van der Waals surface area contributed by atoms with Crippen LogP contribution in [0.4, 0.5) is 0 Å². The highest BCUT2D eigenvalue weighted by Crippen LogP contribution is 2.10. The van der Waals surface area contributed by atoms with Gasteiger partial charge in [-0.15, -0.1) is 0 Å². The van der Waals surface area contributed by atoms with Crippen LogP contribution in [0.2, 0.25) is 0 Å². The van der Waals surface area contributed by atoms with Gasteiger partial charge in [-0.05, 0) is 24.5 Å². The Balaban J connectivity index is 2.19. The zero-order chi connectivity index (χ0) is 16.9. The molecule has 0 saturated carbocycles. The molecule has 1 unspecified atom stereocenters. The third-order valence-corrected chi connectivity index (χ3v) is 3.77. The second kappa shape index (κ2) is 11.6. The molecule has 0 aliphatic heterocycles. The maximum Gasteiger partial charge on any atom is 0.287 e. The minimum atomic E-state index is -0.203. The van der Waals surface area contributed by atoms with Gasteiger partial charge in [0.15, 0.2) is 11.7 Å². The number of guanidine groups is 1. The van der Waals surface area contributed by atoms with Gasteiger partial charge in [-0.2, -0.15) is 0 Å². The molecule has 0 aromatic carbocycles. The highest BCUT2D eigenvalue weighted by Gasteiger charge is 2.08. The zero-order valence-corrected chi connectivity index (χ0v) is 14.5. The summed E-state index contributed by atoms with van der Waals surface area (Å²) in [6.45, 7) is 6.49. The number of furan rings is 1. The molecule has 0 fully saturated rings. The molecule has 0 saturated heterocycles. The fraction of sp³-hybridized carbons (Fsp3) is 0.647. The third kappa shape index (κ3) is 7.72. The Kier molecular flexibility index (Phi) is 9.59. The highest BCUT2D eigenvalue weighted by atomic mass is 16.3. The lowest BCUT2D eigenvalue weighted by Crippen LogP contribution is -2.43. The van der Waals surface area contributed by atoms with E-state index in [1.165, 1.54) is 31.9 Å². The summed E-state index contributed by atoms with van der Waals surface area (Å²) in [6, 6.07) is 3.34. The van der Waals surface area contributed by atoms with Crippen molar-refractivity contribution < 1.29 is 9.21 Å². The van der Waals surface area contributed by atoms with Crippen LogP contribution in [0, 0.1) is 5.92 Å². The van der Waals surface area contributed by atoms with Crippen molar-refractivity contribution in [3.63, 3.8) is 0 Å². The van der Waals surface area contributed by atoms with Gasteiger partial charge in [0.1, 0.15) is 0 Å². The van der Waals surface area contributed by atoms with E-state index in [9.17, 15) is 4.79 Å². The van der Waals surface area contributed by atoms with Crippen LogP contribution in [0.5, 0.6) is 0 Å². The standard InChI is InChI=1S/C17H30N4O2/c1-4-6-8-14(5-2)13-21-17(18-3)20-11-10-19-16(22)15-9-7-12-23-15/h7,9,12,14H,4-6,8,10-11,13H2,1-3H3,(H,19,22)(H2,18,20,21). The number of hydrogen-bond donors (Lipinski definition) is 3. The molecule has 0 radical (unpaired) electrons. The van der Waals surface area contributed by atoms with Crippen molar-refractivity contribution in [1.29, 1.82) is 0 Å². The van der Waals surface area contributed by atoms with Gasteiger partial charge >= 0.3 is 0 Å². The van der Waals surface area contributed by atoms with Crippen molar-refractivity contribution in [2.75, 3.05) is 26.7 Å². The quantitative estimate of drug-likeness (QED) is 0.351. The van der Waals surface area contributed by atoms with E-state index in [0.29, 0.717) is 24.8 Å². The van der Waals surface area contributed by atoms with Crippen LogP contribution in [0.3, 0.4) is 0 Å². The van der Waals surface area contributed by atoms with Gasteiger partial charge in [-0.3, -0.25) is 9.79 Å². The van der Waals surface area contributed by atoms with Gasteiger partial charge in [0.05, 0.1) is 6.26 Å². The fourth-order valence-corrected chi connectivity index (χ4v) is 2.26. The number of aliphatic imine (C=N–C) groups is 1. The van der Waals surface area contributed by atoms with Crippen LogP contribution >= 0.6 is 0 Å². The Bertz CT molecular complexity index is 457. The molecule has 1 rings (SSSR count). The van der Waals surface area contributed by atoms with Gasteiger partial charge in [0.2, 0.25) is 0 Å². The largest absolute Gasteiger partial charge is 0.459 e. The molecule has 1 heterocycles. The molecule has 130 valence electrons. The van der Waals surface area contributed by atoms with Crippen LogP contribution in [-0.4, -0.2) is 38.5 Å². The number of nitrogens with zero attached hydrogens (tertiary/aromatic N) is 1. The van der Waals surface area contributed by atoms with Crippen molar-refractivity contribution in [2.45, 2.75) is 39.5 Å². The molecular weight excluding hydrogens is 292 g/mol. The molecule has 1 aromatic heterocycles. The van der Waals surface area contributed by atoms with Crippen molar-refractivity contribution >= 4 is 11.9 Å². The highest BCUT2D eigenvalue weighted by molar-refractivity contribution is 5.91. The van der Waals surface area contributed by atoms with Crippen molar-refractivity contribution in [3.05, 3.63) is 24.2 Å². The summed E-state index contributed by atoms with van der Waals surface area (Å²) in [7, 11) is 1.75. The van der Waals surface area contributed by atoms with Crippen LogP contribution in [0.25, 0.3) is 0 Å². The summed E-state index contributed by atoms with van der Waals surface area (Å²) in [5.41, 5.74) is 0. The number of carbonyl (C=O) groups is 1. The summed E-state index contributed by atoms with van der Waals surface area (Å²) in [6.07, 6.45) is 6.41. The number of nitrogens with one attached hydrogen (secondary N) is 3. The lowest BCUT2D eigenvalue weighted by molar-refractivity contribution is 0.0926. The molecule has 0 spiro atoms. The van der Waals surface area contributed by atoms with E-state index < -0.39 is 0 Å². The number of amides is 1. The average Bonchev–Trinajstić information content (AvgIpc) is 3.11.